The van der Waals surface area contributed by atoms with Gasteiger partial charge in [0.25, 0.3) is 0 Å². The molecule has 1 aromatic carbocycles. The van der Waals surface area contributed by atoms with Crippen LogP contribution in [0.2, 0.25) is 0 Å². The van der Waals surface area contributed by atoms with Crippen LogP contribution in [0.3, 0.4) is 0 Å². The fourth-order valence-electron chi connectivity index (χ4n) is 1.81. The van der Waals surface area contributed by atoms with Crippen LogP contribution in [0.25, 0.3) is 0 Å². The van der Waals surface area contributed by atoms with Crippen LogP contribution in [0.1, 0.15) is 17.0 Å². The quantitative estimate of drug-likeness (QED) is 0.379. The van der Waals surface area contributed by atoms with Crippen molar-refractivity contribution in [1.29, 1.82) is 0 Å². The van der Waals surface area contributed by atoms with Gasteiger partial charge in [-0.15, -0.1) is 0 Å². The summed E-state index contributed by atoms with van der Waals surface area (Å²) in [5.41, 5.74) is 5.29. The van der Waals surface area contributed by atoms with E-state index in [9.17, 15) is 0 Å². The van der Waals surface area contributed by atoms with Gasteiger partial charge in [0.15, 0.2) is 5.11 Å². The molecule has 1 atom stereocenters. The predicted octanol–water partition coefficient (Wildman–Crippen LogP) is 0.664. The molecule has 0 spiro atoms. The fourth-order valence-corrected chi connectivity index (χ4v) is 1.90. The first kappa shape index (κ1) is 9.43. The average molecular weight is 207 g/mol. The Hall–Kier alpha value is -1.13. The first-order valence-electron chi connectivity index (χ1n) is 4.63. The minimum Gasteiger partial charge on any atom is -0.361 e. The van der Waals surface area contributed by atoms with Crippen LogP contribution < -0.4 is 16.6 Å². The van der Waals surface area contributed by atoms with Gasteiger partial charge in [0.1, 0.15) is 0 Å². The first-order chi connectivity index (χ1) is 6.81. The average Bonchev–Trinajstić information content (AvgIpc) is 2.19. The van der Waals surface area contributed by atoms with Gasteiger partial charge in [0, 0.05) is 12.5 Å². The van der Waals surface area contributed by atoms with E-state index in [-0.39, 0.29) is 0 Å². The smallest absolute Gasteiger partial charge is 0.180 e. The monoisotopic (exact) mass is 207 g/mol. The van der Waals surface area contributed by atoms with E-state index in [1.165, 1.54) is 11.1 Å². The lowest BCUT2D eigenvalue weighted by atomic mass is 9.78. The van der Waals surface area contributed by atoms with Crippen molar-refractivity contribution < 1.29 is 0 Å². The topological polar surface area (TPSA) is 50.1 Å². The van der Waals surface area contributed by atoms with Crippen molar-refractivity contribution in [2.45, 2.75) is 12.3 Å². The highest BCUT2D eigenvalue weighted by Crippen LogP contribution is 2.33. The second-order valence-corrected chi connectivity index (χ2v) is 3.86. The number of nitrogens with two attached hydrogens (primary N) is 1. The number of nitrogens with one attached hydrogen (secondary N) is 2. The minimum absolute atomic E-state index is 0.509. The van der Waals surface area contributed by atoms with E-state index < -0.39 is 0 Å². The largest absolute Gasteiger partial charge is 0.361 e. The van der Waals surface area contributed by atoms with Gasteiger partial charge in [-0.1, -0.05) is 24.3 Å². The molecule has 0 saturated carbocycles. The fraction of sp³-hybridized carbons (Fsp3) is 0.300. The highest BCUT2D eigenvalue weighted by Gasteiger charge is 2.24. The standard InChI is InChI=1S/C10H13N3S/c11-13-10(14)12-6-8-5-7-3-1-2-4-9(7)8/h1-4,8H,5-6,11H2,(H2,12,13,14). The lowest BCUT2D eigenvalue weighted by Crippen LogP contribution is -2.42. The van der Waals surface area contributed by atoms with Gasteiger partial charge in [0.05, 0.1) is 0 Å². The molecule has 74 valence electrons. The molecule has 0 amide bonds. The van der Waals surface area contributed by atoms with Crippen molar-refractivity contribution in [2.75, 3.05) is 6.54 Å². The van der Waals surface area contributed by atoms with E-state index in [0.29, 0.717) is 11.0 Å². The molecule has 14 heavy (non-hydrogen) atoms. The van der Waals surface area contributed by atoms with E-state index in [4.69, 9.17) is 18.1 Å². The summed E-state index contributed by atoms with van der Waals surface area (Å²) in [7, 11) is 0. The maximum absolute atomic E-state index is 5.16. The van der Waals surface area contributed by atoms with Crippen molar-refractivity contribution in [3.63, 3.8) is 0 Å². The molecule has 4 N–H and O–H groups in total. The second-order valence-electron chi connectivity index (χ2n) is 3.45. The van der Waals surface area contributed by atoms with E-state index >= 15 is 0 Å². The number of fused-ring (bicyclic) bond motifs is 1. The molecule has 0 bridgehead atoms. The van der Waals surface area contributed by atoms with Crippen molar-refractivity contribution in [1.82, 2.24) is 10.7 Å². The van der Waals surface area contributed by atoms with E-state index in [1.54, 1.807) is 0 Å². The van der Waals surface area contributed by atoms with Gasteiger partial charge in [-0.25, -0.2) is 5.84 Å². The normalized spacial score (nSPS) is 17.9. The number of benzene rings is 1. The third-order valence-electron chi connectivity index (χ3n) is 2.60. The molecule has 2 rings (SSSR count). The van der Waals surface area contributed by atoms with Gasteiger partial charge in [0.2, 0.25) is 0 Å². The summed E-state index contributed by atoms with van der Waals surface area (Å²) >= 11 is 4.90. The van der Waals surface area contributed by atoms with Gasteiger partial charge in [-0.2, -0.15) is 0 Å². The number of rotatable bonds is 2. The zero-order valence-corrected chi connectivity index (χ0v) is 8.60. The summed E-state index contributed by atoms with van der Waals surface area (Å²) in [6, 6.07) is 8.49. The van der Waals surface area contributed by atoms with Crippen LogP contribution in [0.15, 0.2) is 24.3 Å². The van der Waals surface area contributed by atoms with Crippen LogP contribution in [0, 0.1) is 0 Å². The van der Waals surface area contributed by atoms with Crippen molar-refractivity contribution in [3.8, 4) is 0 Å². The highest BCUT2D eigenvalue weighted by molar-refractivity contribution is 7.80. The van der Waals surface area contributed by atoms with Crippen LogP contribution in [0.5, 0.6) is 0 Å². The zero-order chi connectivity index (χ0) is 9.97. The summed E-state index contributed by atoms with van der Waals surface area (Å²) in [4.78, 5) is 0. The number of hydrogen-bond acceptors (Lipinski definition) is 2. The Morgan fingerprint density at radius 3 is 3.00 bits per heavy atom. The van der Waals surface area contributed by atoms with Crippen LogP contribution in [0.4, 0.5) is 0 Å². The summed E-state index contributed by atoms with van der Waals surface area (Å²) in [6.45, 7) is 0.861. The molecule has 0 heterocycles. The molecular formula is C10H13N3S. The van der Waals surface area contributed by atoms with E-state index in [1.807, 2.05) is 0 Å². The molecular weight excluding hydrogens is 194 g/mol. The lowest BCUT2D eigenvalue weighted by Gasteiger charge is -2.30. The molecule has 0 radical (unpaired) electrons. The summed E-state index contributed by atoms with van der Waals surface area (Å²) < 4.78 is 0. The van der Waals surface area contributed by atoms with Crippen LogP contribution >= 0.6 is 12.2 Å². The van der Waals surface area contributed by atoms with Crippen molar-refractivity contribution >= 4 is 17.3 Å². The number of hydrazine groups is 1. The summed E-state index contributed by atoms with van der Waals surface area (Å²) in [5, 5.41) is 3.58. The molecule has 3 nitrogen and oxygen atoms in total. The SMILES string of the molecule is NNC(=S)NCC1Cc2ccccc21. The molecule has 0 fully saturated rings. The molecule has 1 unspecified atom stereocenters. The second kappa shape index (κ2) is 3.94. The number of hydrogen-bond donors (Lipinski definition) is 3. The Kier molecular flexibility index (Phi) is 2.65. The molecule has 1 aliphatic rings. The van der Waals surface area contributed by atoms with Crippen LogP contribution in [-0.4, -0.2) is 11.7 Å². The van der Waals surface area contributed by atoms with Gasteiger partial charge < -0.3 is 10.7 Å². The molecule has 4 heteroatoms. The molecule has 0 aromatic heterocycles. The van der Waals surface area contributed by atoms with Crippen molar-refractivity contribution in [3.05, 3.63) is 35.4 Å². The Morgan fingerprint density at radius 2 is 2.29 bits per heavy atom. The zero-order valence-electron chi connectivity index (χ0n) is 7.79. The third-order valence-corrected chi connectivity index (χ3v) is 2.86. The molecule has 0 aliphatic heterocycles. The Balaban J connectivity index is 1.90. The Bertz CT molecular complexity index is 351. The van der Waals surface area contributed by atoms with Gasteiger partial charge in [-0.3, -0.25) is 0 Å². The van der Waals surface area contributed by atoms with Crippen LogP contribution in [-0.2, 0) is 6.42 Å². The maximum Gasteiger partial charge on any atom is 0.180 e. The van der Waals surface area contributed by atoms with Crippen molar-refractivity contribution in [2.24, 2.45) is 5.84 Å². The number of thiocarbonyl (C=S) groups is 1. The Morgan fingerprint density at radius 1 is 1.50 bits per heavy atom. The van der Waals surface area contributed by atoms with E-state index in [0.717, 1.165) is 13.0 Å². The summed E-state index contributed by atoms with van der Waals surface area (Å²) in [5.74, 6) is 5.74. The lowest BCUT2D eigenvalue weighted by molar-refractivity contribution is 0.588. The molecule has 0 saturated heterocycles. The van der Waals surface area contributed by atoms with Gasteiger partial charge >= 0.3 is 0 Å². The predicted molar refractivity (Wildman–Crippen MR) is 60.8 cm³/mol. The Labute approximate surface area is 88.7 Å². The highest BCUT2D eigenvalue weighted by atomic mass is 32.1. The summed E-state index contributed by atoms with van der Waals surface area (Å²) in [6.07, 6.45) is 1.14. The molecule has 1 aromatic rings. The third kappa shape index (κ3) is 1.71. The maximum atomic E-state index is 5.16. The molecule has 1 aliphatic carbocycles. The van der Waals surface area contributed by atoms with E-state index in [2.05, 4.69) is 35.0 Å². The minimum atomic E-state index is 0.509. The first-order valence-corrected chi connectivity index (χ1v) is 5.04. The van der Waals surface area contributed by atoms with Gasteiger partial charge in [-0.05, 0) is 29.8 Å².